The van der Waals surface area contributed by atoms with E-state index >= 15 is 0 Å². The van der Waals surface area contributed by atoms with Crippen LogP contribution in [0.15, 0.2) is 52.5 Å². The second kappa shape index (κ2) is 4.96. The van der Waals surface area contributed by atoms with E-state index in [0.717, 1.165) is 29.4 Å². The summed E-state index contributed by atoms with van der Waals surface area (Å²) in [5.41, 5.74) is 8.30. The Labute approximate surface area is 110 Å². The smallest absolute Gasteiger partial charge is 0.134 e. The van der Waals surface area contributed by atoms with Gasteiger partial charge in [-0.05, 0) is 30.4 Å². The molecule has 0 aliphatic rings. The summed E-state index contributed by atoms with van der Waals surface area (Å²) in [5, 5.41) is 3.24. The third-order valence-corrected chi connectivity index (χ3v) is 4.13. The van der Waals surface area contributed by atoms with Gasteiger partial charge in [-0.3, -0.25) is 0 Å². The van der Waals surface area contributed by atoms with E-state index in [2.05, 4.69) is 23.6 Å². The van der Waals surface area contributed by atoms with Crippen LogP contribution in [0.2, 0.25) is 0 Å². The monoisotopic (exact) mass is 257 g/mol. The Morgan fingerprint density at radius 2 is 2.06 bits per heavy atom. The topological polar surface area (TPSA) is 39.2 Å². The van der Waals surface area contributed by atoms with Gasteiger partial charge in [0.05, 0.1) is 6.26 Å². The molecule has 2 aromatic heterocycles. The van der Waals surface area contributed by atoms with Crippen molar-refractivity contribution in [2.45, 2.75) is 18.9 Å². The fourth-order valence-corrected chi connectivity index (χ4v) is 2.92. The summed E-state index contributed by atoms with van der Waals surface area (Å²) in [5.74, 6) is 0. The number of hydrogen-bond acceptors (Lipinski definition) is 3. The van der Waals surface area contributed by atoms with E-state index < -0.39 is 0 Å². The van der Waals surface area contributed by atoms with Crippen molar-refractivity contribution in [3.63, 3.8) is 0 Å². The van der Waals surface area contributed by atoms with Crippen LogP contribution in [0, 0.1) is 0 Å². The van der Waals surface area contributed by atoms with Crippen molar-refractivity contribution in [2.24, 2.45) is 5.73 Å². The van der Waals surface area contributed by atoms with Gasteiger partial charge < -0.3 is 10.2 Å². The van der Waals surface area contributed by atoms with Gasteiger partial charge in [-0.25, -0.2) is 0 Å². The molecule has 92 valence electrons. The normalized spacial score (nSPS) is 12.9. The van der Waals surface area contributed by atoms with Gasteiger partial charge in [-0.15, -0.1) is 11.3 Å². The van der Waals surface area contributed by atoms with Gasteiger partial charge in [-0.2, -0.15) is 0 Å². The van der Waals surface area contributed by atoms with Crippen LogP contribution in [0.1, 0.15) is 22.9 Å². The fraction of sp³-hybridized carbons (Fsp3) is 0.200. The van der Waals surface area contributed by atoms with Crippen molar-refractivity contribution < 1.29 is 4.42 Å². The number of para-hydroxylation sites is 1. The largest absolute Gasteiger partial charge is 0.464 e. The first-order chi connectivity index (χ1) is 8.84. The lowest BCUT2D eigenvalue weighted by molar-refractivity contribution is 0.590. The van der Waals surface area contributed by atoms with Gasteiger partial charge in [-0.1, -0.05) is 24.3 Å². The molecule has 2 nitrogen and oxygen atoms in total. The van der Waals surface area contributed by atoms with Gasteiger partial charge in [0.15, 0.2) is 0 Å². The van der Waals surface area contributed by atoms with Crippen molar-refractivity contribution in [1.29, 1.82) is 0 Å². The standard InChI is InChI=1S/C15H15NOS/c16-14(8-7-11-4-3-9-18-11)13-10-17-15-6-2-1-5-12(13)15/h1-6,9-10,14H,7-8,16H2. The molecule has 3 aromatic rings. The number of hydrogen-bond donors (Lipinski definition) is 1. The van der Waals surface area contributed by atoms with E-state index in [0.29, 0.717) is 0 Å². The molecule has 2 N–H and O–H groups in total. The van der Waals surface area contributed by atoms with Crippen molar-refractivity contribution in [2.75, 3.05) is 0 Å². The maximum atomic E-state index is 6.27. The molecule has 3 heteroatoms. The summed E-state index contributed by atoms with van der Waals surface area (Å²) in [6.07, 6.45) is 3.77. The first-order valence-electron chi connectivity index (χ1n) is 6.08. The molecule has 0 bridgehead atoms. The molecule has 0 fully saturated rings. The summed E-state index contributed by atoms with van der Waals surface area (Å²) in [6.45, 7) is 0. The Hall–Kier alpha value is -1.58. The Morgan fingerprint density at radius 1 is 1.17 bits per heavy atom. The van der Waals surface area contributed by atoms with Gasteiger partial charge >= 0.3 is 0 Å². The first kappa shape index (κ1) is 11.5. The number of nitrogens with two attached hydrogens (primary N) is 1. The van der Waals surface area contributed by atoms with Crippen LogP contribution in [0.5, 0.6) is 0 Å². The highest BCUT2D eigenvalue weighted by Crippen LogP contribution is 2.27. The van der Waals surface area contributed by atoms with E-state index in [-0.39, 0.29) is 6.04 Å². The van der Waals surface area contributed by atoms with Crippen molar-refractivity contribution in [1.82, 2.24) is 0 Å². The van der Waals surface area contributed by atoms with Crippen LogP contribution in [-0.4, -0.2) is 0 Å². The zero-order valence-corrected chi connectivity index (χ0v) is 10.8. The maximum absolute atomic E-state index is 6.27. The summed E-state index contributed by atoms with van der Waals surface area (Å²) >= 11 is 1.79. The quantitative estimate of drug-likeness (QED) is 0.763. The second-order valence-electron chi connectivity index (χ2n) is 4.41. The molecule has 1 unspecified atom stereocenters. The molecule has 3 rings (SSSR count). The van der Waals surface area contributed by atoms with Gasteiger partial charge in [0.1, 0.15) is 5.58 Å². The highest BCUT2D eigenvalue weighted by molar-refractivity contribution is 7.09. The molecule has 0 aliphatic heterocycles. The SMILES string of the molecule is NC(CCc1cccs1)c1coc2ccccc12. The predicted octanol–water partition coefficient (Wildman–Crippen LogP) is 4.13. The van der Waals surface area contributed by atoms with Crippen molar-refractivity contribution in [3.05, 3.63) is 58.5 Å². The molecule has 1 atom stereocenters. The molecular weight excluding hydrogens is 242 g/mol. The van der Waals surface area contributed by atoms with Crippen LogP contribution >= 0.6 is 11.3 Å². The second-order valence-corrected chi connectivity index (χ2v) is 5.44. The number of aryl methyl sites for hydroxylation is 1. The lowest BCUT2D eigenvalue weighted by Crippen LogP contribution is -2.10. The summed E-state index contributed by atoms with van der Waals surface area (Å²) < 4.78 is 5.53. The Bertz CT molecular complexity index is 627. The molecule has 0 amide bonds. The Morgan fingerprint density at radius 3 is 2.89 bits per heavy atom. The molecule has 18 heavy (non-hydrogen) atoms. The Kier molecular flexibility index (Phi) is 3.17. The van der Waals surface area contributed by atoms with E-state index in [9.17, 15) is 0 Å². The lowest BCUT2D eigenvalue weighted by Gasteiger charge is -2.09. The first-order valence-corrected chi connectivity index (χ1v) is 6.96. The minimum atomic E-state index is 0.0377. The van der Waals surface area contributed by atoms with Crippen molar-refractivity contribution in [3.8, 4) is 0 Å². The van der Waals surface area contributed by atoms with E-state index in [1.165, 1.54) is 4.88 Å². The van der Waals surface area contributed by atoms with E-state index in [1.807, 2.05) is 18.2 Å². The average Bonchev–Trinajstić information content (AvgIpc) is 3.05. The van der Waals surface area contributed by atoms with Gasteiger partial charge in [0.25, 0.3) is 0 Å². The number of rotatable bonds is 4. The molecule has 1 aromatic carbocycles. The number of furan rings is 1. The molecule has 0 aliphatic carbocycles. The summed E-state index contributed by atoms with van der Waals surface area (Å²) in [7, 11) is 0. The molecule has 2 heterocycles. The van der Waals surface area contributed by atoms with E-state index in [4.69, 9.17) is 10.2 Å². The number of thiophene rings is 1. The van der Waals surface area contributed by atoms with Crippen LogP contribution in [0.3, 0.4) is 0 Å². The minimum Gasteiger partial charge on any atom is -0.464 e. The number of fused-ring (bicyclic) bond motifs is 1. The van der Waals surface area contributed by atoms with E-state index in [1.54, 1.807) is 17.6 Å². The van der Waals surface area contributed by atoms with Gasteiger partial charge in [0, 0.05) is 21.9 Å². The van der Waals surface area contributed by atoms with Gasteiger partial charge in [0.2, 0.25) is 0 Å². The van der Waals surface area contributed by atoms with Crippen LogP contribution in [0.25, 0.3) is 11.0 Å². The molecule has 0 saturated carbocycles. The fourth-order valence-electron chi connectivity index (χ4n) is 2.19. The molecule has 0 radical (unpaired) electrons. The molecule has 0 spiro atoms. The maximum Gasteiger partial charge on any atom is 0.134 e. The number of benzene rings is 1. The highest BCUT2D eigenvalue weighted by Gasteiger charge is 2.13. The third kappa shape index (κ3) is 2.19. The zero-order valence-electron chi connectivity index (χ0n) is 10.0. The van der Waals surface area contributed by atoms with Crippen LogP contribution < -0.4 is 5.73 Å². The lowest BCUT2D eigenvalue weighted by atomic mass is 10.0. The predicted molar refractivity (Wildman–Crippen MR) is 75.8 cm³/mol. The molecular formula is C15H15NOS. The highest BCUT2D eigenvalue weighted by atomic mass is 32.1. The van der Waals surface area contributed by atoms with Crippen LogP contribution in [-0.2, 0) is 6.42 Å². The van der Waals surface area contributed by atoms with Crippen molar-refractivity contribution >= 4 is 22.3 Å². The molecule has 0 saturated heterocycles. The third-order valence-electron chi connectivity index (χ3n) is 3.19. The summed E-state index contributed by atoms with van der Waals surface area (Å²) in [6, 6.07) is 12.3. The Balaban J connectivity index is 1.77. The summed E-state index contributed by atoms with van der Waals surface area (Å²) in [4.78, 5) is 1.39. The van der Waals surface area contributed by atoms with Crippen LogP contribution in [0.4, 0.5) is 0 Å². The average molecular weight is 257 g/mol. The minimum absolute atomic E-state index is 0.0377. The zero-order chi connectivity index (χ0) is 12.4.